The van der Waals surface area contributed by atoms with Crippen LogP contribution in [0, 0.1) is 19.8 Å². The smallest absolute Gasteiger partial charge is 0.254 e. The van der Waals surface area contributed by atoms with Gasteiger partial charge in [0.25, 0.3) is 5.56 Å². The molecule has 2 atom stereocenters. The van der Waals surface area contributed by atoms with E-state index in [1.807, 2.05) is 36.4 Å². The number of nitrogens with zero attached hydrogens (tertiary/aromatic N) is 3. The number of fused-ring (bicyclic) bond motifs is 1. The molecule has 0 bridgehead atoms. The number of aromatic nitrogens is 3. The largest absolute Gasteiger partial charge is 0.391 e. The number of H-pyrrole nitrogens is 1. The van der Waals surface area contributed by atoms with E-state index >= 15 is 0 Å². The fourth-order valence-electron chi connectivity index (χ4n) is 3.97. The van der Waals surface area contributed by atoms with Crippen molar-refractivity contribution in [3.8, 4) is 0 Å². The van der Waals surface area contributed by atoms with Crippen LogP contribution in [0.3, 0.4) is 0 Å². The fourth-order valence-corrected chi connectivity index (χ4v) is 3.97. The number of β-amino-alcohol motifs (C(OH)–C–C–N with tert-alkyl or cyclic N) is 1. The van der Waals surface area contributed by atoms with Crippen molar-refractivity contribution in [3.05, 3.63) is 69.5 Å². The normalized spacial score (nSPS) is 19.1. The Morgan fingerprint density at radius 3 is 2.76 bits per heavy atom. The molecule has 4 rings (SSSR count). The first-order valence-corrected chi connectivity index (χ1v) is 9.77. The van der Waals surface area contributed by atoms with Gasteiger partial charge in [0, 0.05) is 41.3 Å². The minimum Gasteiger partial charge on any atom is -0.391 e. The van der Waals surface area contributed by atoms with Gasteiger partial charge in [-0.2, -0.15) is 0 Å². The van der Waals surface area contributed by atoms with Gasteiger partial charge < -0.3 is 15.0 Å². The molecule has 150 valence electrons. The lowest BCUT2D eigenvalue weighted by molar-refractivity contribution is -0.129. The summed E-state index contributed by atoms with van der Waals surface area (Å²) in [6.07, 6.45) is -0.0217. The summed E-state index contributed by atoms with van der Waals surface area (Å²) in [5.74, 6) is 0.281. The first kappa shape index (κ1) is 19.3. The van der Waals surface area contributed by atoms with Crippen LogP contribution in [0.2, 0.25) is 0 Å². The number of aryl methyl sites for hydroxylation is 2. The van der Waals surface area contributed by atoms with Crippen LogP contribution in [0.25, 0.3) is 10.9 Å². The average Bonchev–Trinajstić information content (AvgIpc) is 3.05. The lowest BCUT2D eigenvalue weighted by atomic mass is 9.99. The number of rotatable bonds is 4. The molecule has 0 saturated carbocycles. The summed E-state index contributed by atoms with van der Waals surface area (Å²) >= 11 is 0. The van der Waals surface area contributed by atoms with E-state index in [9.17, 15) is 14.7 Å². The third-order valence-electron chi connectivity index (χ3n) is 5.56. The van der Waals surface area contributed by atoms with Crippen LogP contribution >= 0.6 is 0 Å². The summed E-state index contributed by atoms with van der Waals surface area (Å²) in [4.78, 5) is 38.1. The van der Waals surface area contributed by atoms with Crippen molar-refractivity contribution in [3.63, 3.8) is 0 Å². The standard InChI is InChI=1S/C22H24N4O3/c1-13-18(22(29)24-14(2)23-13)10-21(28)26-11-16(20(27)12-26)9-17-8-7-15-5-3-4-6-19(15)25-17/h3-8,16,20,27H,9-12H2,1-2H3,(H,23,24,29)/t16-,20-/m1/s1. The lowest BCUT2D eigenvalue weighted by Crippen LogP contribution is -2.33. The van der Waals surface area contributed by atoms with Crippen molar-refractivity contribution in [1.29, 1.82) is 0 Å². The molecule has 2 aromatic heterocycles. The van der Waals surface area contributed by atoms with E-state index in [2.05, 4.69) is 15.0 Å². The number of para-hydroxylation sites is 1. The van der Waals surface area contributed by atoms with E-state index in [0.717, 1.165) is 16.6 Å². The lowest BCUT2D eigenvalue weighted by Gasteiger charge is -2.16. The summed E-state index contributed by atoms with van der Waals surface area (Å²) in [5.41, 5.74) is 2.50. The van der Waals surface area contributed by atoms with Crippen molar-refractivity contribution in [1.82, 2.24) is 19.9 Å². The first-order valence-electron chi connectivity index (χ1n) is 9.77. The maximum absolute atomic E-state index is 12.7. The summed E-state index contributed by atoms with van der Waals surface area (Å²) in [5, 5.41) is 11.6. The van der Waals surface area contributed by atoms with Crippen LogP contribution in [0.4, 0.5) is 0 Å². The van der Waals surface area contributed by atoms with Crippen LogP contribution in [0.15, 0.2) is 41.2 Å². The van der Waals surface area contributed by atoms with E-state index in [-0.39, 0.29) is 30.3 Å². The Morgan fingerprint density at radius 1 is 1.17 bits per heavy atom. The third kappa shape index (κ3) is 4.05. The van der Waals surface area contributed by atoms with Gasteiger partial charge in [0.05, 0.1) is 18.0 Å². The van der Waals surface area contributed by atoms with Gasteiger partial charge in [-0.1, -0.05) is 24.3 Å². The summed E-state index contributed by atoms with van der Waals surface area (Å²) in [6, 6.07) is 11.9. The monoisotopic (exact) mass is 392 g/mol. The van der Waals surface area contributed by atoms with Gasteiger partial charge >= 0.3 is 0 Å². The molecule has 1 aromatic carbocycles. The third-order valence-corrected chi connectivity index (χ3v) is 5.56. The highest BCUT2D eigenvalue weighted by Gasteiger charge is 2.34. The Bertz CT molecular complexity index is 1120. The molecule has 0 aliphatic carbocycles. The van der Waals surface area contributed by atoms with E-state index < -0.39 is 6.10 Å². The molecule has 1 aliphatic rings. The van der Waals surface area contributed by atoms with E-state index in [4.69, 9.17) is 0 Å². The van der Waals surface area contributed by atoms with Crippen LogP contribution in [-0.2, 0) is 17.6 Å². The topological polar surface area (TPSA) is 99.2 Å². The highest BCUT2D eigenvalue weighted by atomic mass is 16.3. The maximum Gasteiger partial charge on any atom is 0.254 e. The van der Waals surface area contributed by atoms with Crippen molar-refractivity contribution in [2.45, 2.75) is 32.8 Å². The Kier molecular flexibility index (Phi) is 5.15. The van der Waals surface area contributed by atoms with Crippen LogP contribution in [-0.4, -0.2) is 50.1 Å². The molecule has 1 aliphatic heterocycles. The zero-order chi connectivity index (χ0) is 20.5. The highest BCUT2D eigenvalue weighted by Crippen LogP contribution is 2.23. The summed E-state index contributed by atoms with van der Waals surface area (Å²) in [6.45, 7) is 4.16. The fraction of sp³-hybridized carbons (Fsp3) is 0.364. The van der Waals surface area contributed by atoms with Gasteiger partial charge in [-0.25, -0.2) is 4.98 Å². The number of amides is 1. The second-order valence-electron chi connectivity index (χ2n) is 7.72. The number of aliphatic hydroxyl groups is 1. The summed E-state index contributed by atoms with van der Waals surface area (Å²) in [7, 11) is 0. The quantitative estimate of drug-likeness (QED) is 0.702. The van der Waals surface area contributed by atoms with Crippen LogP contribution < -0.4 is 5.56 Å². The molecular formula is C22H24N4O3. The molecule has 29 heavy (non-hydrogen) atoms. The number of pyridine rings is 1. The molecule has 3 heterocycles. The first-order chi connectivity index (χ1) is 13.9. The predicted molar refractivity (Wildman–Crippen MR) is 110 cm³/mol. The SMILES string of the molecule is Cc1nc(C)c(CC(=O)N2C[C@@H](Cc3ccc4ccccc4n3)[C@H](O)C2)c(=O)[nH]1. The molecular weight excluding hydrogens is 368 g/mol. The number of hydrogen-bond donors (Lipinski definition) is 2. The Balaban J connectivity index is 1.45. The Labute approximate surface area is 168 Å². The number of likely N-dealkylation sites (tertiary alicyclic amines) is 1. The average molecular weight is 392 g/mol. The molecule has 1 amide bonds. The minimum atomic E-state index is -0.609. The van der Waals surface area contributed by atoms with Crippen LogP contribution in [0.1, 0.15) is 22.8 Å². The van der Waals surface area contributed by atoms with Gasteiger partial charge in [-0.05, 0) is 32.4 Å². The van der Waals surface area contributed by atoms with Gasteiger partial charge in [0.1, 0.15) is 5.82 Å². The maximum atomic E-state index is 12.7. The molecule has 1 fully saturated rings. The second-order valence-corrected chi connectivity index (χ2v) is 7.72. The predicted octanol–water partition coefficient (Wildman–Crippen LogP) is 1.54. The van der Waals surface area contributed by atoms with Crippen molar-refractivity contribution in [2.75, 3.05) is 13.1 Å². The zero-order valence-corrected chi connectivity index (χ0v) is 16.6. The summed E-state index contributed by atoms with van der Waals surface area (Å²) < 4.78 is 0. The molecule has 0 radical (unpaired) electrons. The highest BCUT2D eigenvalue weighted by molar-refractivity contribution is 5.79. The molecule has 3 aromatic rings. The van der Waals surface area contributed by atoms with E-state index in [1.54, 1.807) is 18.7 Å². The van der Waals surface area contributed by atoms with Crippen molar-refractivity contribution >= 4 is 16.8 Å². The van der Waals surface area contributed by atoms with Crippen LogP contribution in [0.5, 0.6) is 0 Å². The molecule has 0 unspecified atom stereocenters. The van der Waals surface area contributed by atoms with Gasteiger partial charge in [-0.3, -0.25) is 14.6 Å². The molecule has 1 saturated heterocycles. The van der Waals surface area contributed by atoms with E-state index in [1.165, 1.54) is 0 Å². The number of aromatic amines is 1. The van der Waals surface area contributed by atoms with E-state index in [0.29, 0.717) is 30.0 Å². The zero-order valence-electron chi connectivity index (χ0n) is 16.6. The van der Waals surface area contributed by atoms with Crippen molar-refractivity contribution in [2.24, 2.45) is 5.92 Å². The number of nitrogens with one attached hydrogen (secondary N) is 1. The number of carbonyl (C=O) groups excluding carboxylic acids is 1. The molecule has 7 heteroatoms. The van der Waals surface area contributed by atoms with Crippen molar-refractivity contribution < 1.29 is 9.90 Å². The minimum absolute atomic E-state index is 0.0118. The Morgan fingerprint density at radius 2 is 1.97 bits per heavy atom. The molecule has 0 spiro atoms. The van der Waals surface area contributed by atoms with Gasteiger partial charge in [-0.15, -0.1) is 0 Å². The number of carbonyl (C=O) groups is 1. The van der Waals surface area contributed by atoms with Gasteiger partial charge in [0.15, 0.2) is 0 Å². The molecule has 7 nitrogen and oxygen atoms in total. The molecule has 2 N–H and O–H groups in total. The number of hydrogen-bond acceptors (Lipinski definition) is 5. The van der Waals surface area contributed by atoms with Gasteiger partial charge in [0.2, 0.25) is 5.91 Å². The second kappa shape index (κ2) is 7.75. The number of benzene rings is 1. The Hall–Kier alpha value is -3.06. The number of aliphatic hydroxyl groups excluding tert-OH is 1.